The van der Waals surface area contributed by atoms with Crippen molar-refractivity contribution in [2.75, 3.05) is 6.61 Å². The van der Waals surface area contributed by atoms with Crippen LogP contribution in [0.15, 0.2) is 22.6 Å². The number of aryl methyl sites for hydroxylation is 1. The van der Waals surface area contributed by atoms with Crippen LogP contribution in [-0.4, -0.2) is 12.5 Å². The number of allylic oxidation sites excluding steroid dienone is 2. The second-order valence-corrected chi connectivity index (χ2v) is 5.35. The molecule has 0 aromatic carbocycles. The summed E-state index contributed by atoms with van der Waals surface area (Å²) in [5.74, 6) is 7.19. The minimum Gasteiger partial charge on any atom is -0.463 e. The van der Waals surface area contributed by atoms with Crippen molar-refractivity contribution in [3.05, 3.63) is 35.3 Å². The van der Waals surface area contributed by atoms with E-state index in [9.17, 15) is 4.79 Å². The Balaban J connectivity index is 1.85. The van der Waals surface area contributed by atoms with E-state index in [1.54, 1.807) is 13.0 Å². The lowest BCUT2D eigenvalue weighted by Crippen LogP contribution is -2.30. The first-order valence-corrected chi connectivity index (χ1v) is 6.94. The zero-order valence-corrected chi connectivity index (χ0v) is 12.0. The van der Waals surface area contributed by atoms with E-state index in [0.29, 0.717) is 42.1 Å². The summed E-state index contributed by atoms with van der Waals surface area (Å²) in [4.78, 5) is 11.5. The van der Waals surface area contributed by atoms with Crippen molar-refractivity contribution in [3.63, 3.8) is 0 Å². The first-order chi connectivity index (χ1) is 9.61. The van der Waals surface area contributed by atoms with Crippen molar-refractivity contribution in [2.45, 2.75) is 33.3 Å². The van der Waals surface area contributed by atoms with Crippen molar-refractivity contribution in [2.24, 2.45) is 17.7 Å². The molecular weight excluding hydrogens is 256 g/mol. The Kier molecular flexibility index (Phi) is 4.98. The van der Waals surface area contributed by atoms with E-state index in [1.165, 1.54) is 0 Å². The molecule has 0 spiro atoms. The molecule has 1 aromatic rings. The largest absolute Gasteiger partial charge is 0.463 e. The normalized spacial score (nSPS) is 21.9. The molecule has 3 N–H and O–H groups in total. The maximum Gasteiger partial charge on any atom is 0.268 e. The third kappa shape index (κ3) is 3.49. The number of carbonyl (C=O) groups excluding carboxylic acids is 1. The Labute approximate surface area is 119 Å². The lowest BCUT2D eigenvalue weighted by molar-refractivity contribution is 0.0579. The lowest BCUT2D eigenvalue weighted by Gasteiger charge is -2.24. The van der Waals surface area contributed by atoms with Gasteiger partial charge in [-0.3, -0.25) is 10.2 Å². The van der Waals surface area contributed by atoms with Crippen LogP contribution < -0.4 is 11.3 Å². The van der Waals surface area contributed by atoms with Gasteiger partial charge in [0.15, 0.2) is 0 Å². The summed E-state index contributed by atoms with van der Waals surface area (Å²) >= 11 is 0. The highest BCUT2D eigenvalue weighted by atomic mass is 16.5. The highest BCUT2D eigenvalue weighted by Gasteiger charge is 2.19. The molecule has 0 saturated carbocycles. The van der Waals surface area contributed by atoms with Gasteiger partial charge in [0.1, 0.15) is 18.1 Å². The Morgan fingerprint density at radius 3 is 2.95 bits per heavy atom. The van der Waals surface area contributed by atoms with E-state index in [-0.39, 0.29) is 5.91 Å². The summed E-state index contributed by atoms with van der Waals surface area (Å²) in [5, 5.41) is 0. The summed E-state index contributed by atoms with van der Waals surface area (Å²) in [7, 11) is 0. The molecule has 2 rings (SSSR count). The molecule has 2 atom stereocenters. The van der Waals surface area contributed by atoms with E-state index in [1.807, 2.05) is 0 Å². The van der Waals surface area contributed by atoms with Gasteiger partial charge in [-0.25, -0.2) is 5.84 Å². The van der Waals surface area contributed by atoms with Crippen LogP contribution in [0.2, 0.25) is 0 Å². The Hall–Kier alpha value is -1.59. The lowest BCUT2D eigenvalue weighted by atomic mass is 9.85. The zero-order chi connectivity index (χ0) is 14.5. The van der Waals surface area contributed by atoms with Crippen molar-refractivity contribution in [3.8, 4) is 0 Å². The molecule has 5 heteroatoms. The van der Waals surface area contributed by atoms with Crippen molar-refractivity contribution in [1.29, 1.82) is 0 Å². The molecule has 0 aliphatic heterocycles. The predicted molar refractivity (Wildman–Crippen MR) is 75.8 cm³/mol. The van der Waals surface area contributed by atoms with Crippen LogP contribution in [0.3, 0.4) is 0 Å². The van der Waals surface area contributed by atoms with Crippen LogP contribution in [0.4, 0.5) is 0 Å². The van der Waals surface area contributed by atoms with Gasteiger partial charge >= 0.3 is 0 Å². The predicted octanol–water partition coefficient (Wildman–Crippen LogP) is 2.31. The Morgan fingerprint density at radius 1 is 1.50 bits per heavy atom. The number of hydrogen-bond donors (Lipinski definition) is 2. The summed E-state index contributed by atoms with van der Waals surface area (Å²) in [6, 6.07) is 1.68. The molecule has 0 fully saturated rings. The molecule has 20 heavy (non-hydrogen) atoms. The molecule has 1 aliphatic carbocycles. The second kappa shape index (κ2) is 6.72. The maximum absolute atomic E-state index is 11.5. The minimum absolute atomic E-state index is 0.344. The van der Waals surface area contributed by atoms with Gasteiger partial charge in [-0.15, -0.1) is 0 Å². The number of nitrogen functional groups attached to an aromatic ring is 1. The minimum atomic E-state index is -0.344. The van der Waals surface area contributed by atoms with Gasteiger partial charge < -0.3 is 9.15 Å². The van der Waals surface area contributed by atoms with Gasteiger partial charge in [0, 0.05) is 0 Å². The van der Waals surface area contributed by atoms with Crippen LogP contribution in [-0.2, 0) is 11.3 Å². The maximum atomic E-state index is 11.5. The van der Waals surface area contributed by atoms with Gasteiger partial charge in [-0.1, -0.05) is 19.1 Å². The molecule has 110 valence electrons. The molecule has 0 radical (unpaired) electrons. The second-order valence-electron chi connectivity index (χ2n) is 5.35. The number of carbonyl (C=O) groups is 1. The number of nitrogens with one attached hydrogen (secondary N) is 1. The van der Waals surface area contributed by atoms with Crippen LogP contribution in [0.25, 0.3) is 0 Å². The average molecular weight is 278 g/mol. The summed E-state index contributed by atoms with van der Waals surface area (Å²) < 4.78 is 11.2. The monoisotopic (exact) mass is 278 g/mol. The van der Waals surface area contributed by atoms with E-state index in [0.717, 1.165) is 12.8 Å². The quantitative estimate of drug-likeness (QED) is 0.375. The fourth-order valence-electron chi connectivity index (χ4n) is 2.47. The van der Waals surface area contributed by atoms with E-state index in [4.69, 9.17) is 15.0 Å². The molecule has 1 amide bonds. The smallest absolute Gasteiger partial charge is 0.268 e. The molecule has 5 nitrogen and oxygen atoms in total. The van der Waals surface area contributed by atoms with Gasteiger partial charge in [-0.2, -0.15) is 0 Å². The summed E-state index contributed by atoms with van der Waals surface area (Å²) in [5.41, 5.74) is 2.56. The molecular formula is C15H22N2O3. The number of rotatable bonds is 5. The highest BCUT2D eigenvalue weighted by molar-refractivity contribution is 5.94. The van der Waals surface area contributed by atoms with Gasteiger partial charge in [-0.05, 0) is 37.7 Å². The standard InChI is InChI=1S/C15H22N2O3/c1-10-5-3-4-6-12(10)8-19-9-13-7-14(11(2)20-13)15(18)17-16/h3-4,7,10,12H,5-6,8-9,16H2,1-2H3,(H,17,18). The molecule has 1 aromatic heterocycles. The van der Waals surface area contributed by atoms with Crippen molar-refractivity contribution in [1.82, 2.24) is 5.43 Å². The highest BCUT2D eigenvalue weighted by Crippen LogP contribution is 2.25. The number of amides is 1. The topological polar surface area (TPSA) is 77.5 Å². The first-order valence-electron chi connectivity index (χ1n) is 6.94. The first kappa shape index (κ1) is 14.8. The molecule has 0 bridgehead atoms. The van der Waals surface area contributed by atoms with Crippen LogP contribution >= 0.6 is 0 Å². The van der Waals surface area contributed by atoms with Gasteiger partial charge in [0.2, 0.25) is 0 Å². The summed E-state index contributed by atoms with van der Waals surface area (Å²) in [6.07, 6.45) is 6.64. The molecule has 1 aliphatic rings. The molecule has 1 heterocycles. The Morgan fingerprint density at radius 2 is 2.25 bits per heavy atom. The van der Waals surface area contributed by atoms with Crippen LogP contribution in [0.5, 0.6) is 0 Å². The fraction of sp³-hybridized carbons (Fsp3) is 0.533. The van der Waals surface area contributed by atoms with Gasteiger partial charge in [0.25, 0.3) is 5.91 Å². The third-order valence-electron chi connectivity index (χ3n) is 3.84. The van der Waals surface area contributed by atoms with Crippen molar-refractivity contribution >= 4 is 5.91 Å². The van der Waals surface area contributed by atoms with Crippen molar-refractivity contribution < 1.29 is 13.9 Å². The SMILES string of the molecule is Cc1oc(COCC2CC=CCC2C)cc1C(=O)NN. The number of nitrogens with two attached hydrogens (primary N) is 1. The fourth-order valence-corrected chi connectivity index (χ4v) is 2.47. The number of furan rings is 1. The van der Waals surface area contributed by atoms with E-state index < -0.39 is 0 Å². The zero-order valence-electron chi connectivity index (χ0n) is 12.0. The van der Waals surface area contributed by atoms with Crippen LogP contribution in [0, 0.1) is 18.8 Å². The third-order valence-corrected chi connectivity index (χ3v) is 3.84. The summed E-state index contributed by atoms with van der Waals surface area (Å²) in [6.45, 7) is 5.08. The van der Waals surface area contributed by atoms with Crippen LogP contribution in [0.1, 0.15) is 41.6 Å². The average Bonchev–Trinajstić information content (AvgIpc) is 2.81. The number of ether oxygens (including phenoxy) is 1. The number of hydrogen-bond acceptors (Lipinski definition) is 4. The van der Waals surface area contributed by atoms with E-state index >= 15 is 0 Å². The molecule has 0 saturated heterocycles. The van der Waals surface area contributed by atoms with Gasteiger partial charge in [0.05, 0.1) is 12.2 Å². The van der Waals surface area contributed by atoms with E-state index in [2.05, 4.69) is 24.5 Å². The molecule has 2 unspecified atom stereocenters. The Bertz CT molecular complexity index is 493. The number of hydrazine groups is 1.